The minimum Gasteiger partial charge on any atom is -0.507 e. The molecule has 1 amide bonds. The number of aliphatic hydroxyl groups is 1. The molecule has 0 bridgehead atoms. The molecule has 3 aliphatic carbocycles. The molecular formula is C32H35F3N4O8. The maximum atomic E-state index is 14.2. The highest BCUT2D eigenvalue weighted by Crippen LogP contribution is 2.52. The average Bonchev–Trinajstić information content (AvgIpc) is 2.95. The number of ether oxygens (including phenoxy) is 1. The first kappa shape index (κ1) is 34.0. The molecule has 0 saturated heterocycles. The lowest BCUT2D eigenvalue weighted by atomic mass is 9.52. The molecule has 0 aromatic heterocycles. The van der Waals surface area contributed by atoms with Crippen LogP contribution in [0.1, 0.15) is 33.5 Å². The van der Waals surface area contributed by atoms with E-state index in [0.717, 1.165) is 0 Å². The minimum atomic E-state index is -4.82. The number of hydrogen-bond donors (Lipinski definition) is 4. The lowest BCUT2D eigenvalue weighted by molar-refractivity contribution is -0.274. The summed E-state index contributed by atoms with van der Waals surface area (Å²) >= 11 is 0. The summed E-state index contributed by atoms with van der Waals surface area (Å²) in [6.45, 7) is 0.202. The predicted octanol–water partition coefficient (Wildman–Crippen LogP) is 1.12. The Balaban J connectivity index is 1.47. The number of nitrogens with one attached hydrogen (secondary N) is 1. The monoisotopic (exact) mass is 660 g/mol. The number of likely N-dealkylation sites (N-methyl/N-ethyl adjacent to an activating group) is 1. The number of carbonyl (C=O) groups excluding carboxylic acids is 5. The predicted molar refractivity (Wildman–Crippen MR) is 159 cm³/mol. The number of benzene rings is 2. The minimum absolute atomic E-state index is 0.0213. The summed E-state index contributed by atoms with van der Waals surface area (Å²) in [4.78, 5) is 70.3. The Labute approximate surface area is 267 Å². The molecule has 2 aromatic rings. The third kappa shape index (κ3) is 5.76. The van der Waals surface area contributed by atoms with E-state index in [0.29, 0.717) is 16.8 Å². The van der Waals surface area contributed by atoms with E-state index in [4.69, 9.17) is 5.73 Å². The topological polar surface area (TPSA) is 180 Å². The van der Waals surface area contributed by atoms with Crippen molar-refractivity contribution in [2.75, 3.05) is 33.1 Å². The van der Waals surface area contributed by atoms with Crippen molar-refractivity contribution < 1.29 is 52.1 Å². The zero-order valence-electron chi connectivity index (χ0n) is 26.1. The Kier molecular flexibility index (Phi) is 8.71. The van der Waals surface area contributed by atoms with Crippen molar-refractivity contribution in [1.82, 2.24) is 10.2 Å². The van der Waals surface area contributed by atoms with Gasteiger partial charge in [0.2, 0.25) is 5.91 Å². The van der Waals surface area contributed by atoms with E-state index in [-0.39, 0.29) is 42.8 Å². The summed E-state index contributed by atoms with van der Waals surface area (Å²) in [5.74, 6) is -11.7. The molecule has 0 aliphatic heterocycles. The van der Waals surface area contributed by atoms with E-state index >= 15 is 0 Å². The van der Waals surface area contributed by atoms with Crippen LogP contribution >= 0.6 is 0 Å². The maximum Gasteiger partial charge on any atom is 0.573 e. The number of Topliss-reactive ketones (excluding diaryl/α,β-unsaturated/α-hetero) is 4. The number of fused-ring (bicyclic) bond motifs is 3. The van der Waals surface area contributed by atoms with Gasteiger partial charge in [0.1, 0.15) is 11.5 Å². The highest BCUT2D eigenvalue weighted by molar-refractivity contribution is 6.32. The number of aromatic hydroxyl groups is 1. The quantitative estimate of drug-likeness (QED) is 0.298. The number of rotatable bonds is 8. The molecule has 252 valence electrons. The van der Waals surface area contributed by atoms with Crippen molar-refractivity contribution in [1.29, 1.82) is 0 Å². The van der Waals surface area contributed by atoms with Crippen LogP contribution in [0.4, 0.5) is 18.9 Å². The Morgan fingerprint density at radius 1 is 1.06 bits per heavy atom. The third-order valence-corrected chi connectivity index (χ3v) is 9.40. The van der Waals surface area contributed by atoms with Gasteiger partial charge in [-0.3, -0.25) is 28.9 Å². The number of phenolic OH excluding ortho intramolecular Hbond substituents is 1. The molecule has 3 aliphatic rings. The highest BCUT2D eigenvalue weighted by Gasteiger charge is 2.69. The molecule has 2 saturated carbocycles. The Morgan fingerprint density at radius 2 is 1.70 bits per heavy atom. The molecule has 2 unspecified atom stereocenters. The van der Waals surface area contributed by atoms with Crippen LogP contribution < -0.4 is 20.7 Å². The number of ketones is 4. The molecule has 0 spiro atoms. The van der Waals surface area contributed by atoms with E-state index < -0.39 is 76.5 Å². The second-order valence-electron chi connectivity index (χ2n) is 12.7. The molecule has 0 radical (unpaired) electrons. The van der Waals surface area contributed by atoms with Crippen LogP contribution in [-0.2, 0) is 38.7 Å². The van der Waals surface area contributed by atoms with Gasteiger partial charge in [-0.1, -0.05) is 12.1 Å². The largest absolute Gasteiger partial charge is 0.573 e. The second kappa shape index (κ2) is 12.0. The van der Waals surface area contributed by atoms with Crippen LogP contribution in [0.2, 0.25) is 0 Å². The smallest absolute Gasteiger partial charge is 0.507 e. The van der Waals surface area contributed by atoms with Gasteiger partial charge in [-0.25, -0.2) is 0 Å². The van der Waals surface area contributed by atoms with E-state index in [1.54, 1.807) is 25.1 Å². The maximum absolute atomic E-state index is 14.2. The number of halogens is 3. The lowest BCUT2D eigenvalue weighted by Gasteiger charge is -2.52. The SMILES string of the molecule is CN(C)c1cc(CNCc2ccc(OC(F)(F)F)cc2)c(O)c2c1C[C@@H]1C[C@@H]3[C@@H](N(C)C)C(=O)C(C(N)=O)C(=O)[C@]3(O)C(=O)C1C2=O. The molecule has 6 atom stereocenters. The van der Waals surface area contributed by atoms with Crippen LogP contribution in [0.3, 0.4) is 0 Å². The van der Waals surface area contributed by atoms with Crippen molar-refractivity contribution in [3.63, 3.8) is 0 Å². The van der Waals surface area contributed by atoms with Crippen LogP contribution in [0.25, 0.3) is 0 Å². The van der Waals surface area contributed by atoms with E-state index in [1.807, 2.05) is 0 Å². The molecule has 15 heteroatoms. The summed E-state index contributed by atoms with van der Waals surface area (Å²) in [7, 11) is 6.51. The molecular weight excluding hydrogens is 625 g/mol. The standard InChI is InChI=1S/C32H35F3N4O8/c1-38(2)20-11-16(13-37-12-14-5-7-17(8-6-14)47-32(33,34)35)25(40)22-18(20)9-15-10-19-24(39(3)4)27(42)23(30(36)45)29(44)31(19,46)28(43)21(15)26(22)41/h5-8,11,15,19,21,23-24,37,40,46H,9-10,12-13H2,1-4H3,(H2,36,45)/t15-,19-,21?,23?,24-,31-/m1/s1. The van der Waals surface area contributed by atoms with Gasteiger partial charge in [-0.2, -0.15) is 0 Å². The van der Waals surface area contributed by atoms with Crippen LogP contribution in [0.5, 0.6) is 11.5 Å². The van der Waals surface area contributed by atoms with E-state index in [2.05, 4.69) is 10.1 Å². The fourth-order valence-electron chi connectivity index (χ4n) is 7.39. The van der Waals surface area contributed by atoms with Gasteiger partial charge in [0, 0.05) is 44.4 Å². The van der Waals surface area contributed by atoms with Gasteiger partial charge in [-0.15, -0.1) is 13.2 Å². The molecule has 5 rings (SSSR count). The first-order valence-corrected chi connectivity index (χ1v) is 14.8. The first-order valence-electron chi connectivity index (χ1n) is 14.8. The van der Waals surface area contributed by atoms with Gasteiger partial charge in [0.05, 0.1) is 17.5 Å². The molecule has 5 N–H and O–H groups in total. The molecule has 12 nitrogen and oxygen atoms in total. The van der Waals surface area contributed by atoms with Crippen LogP contribution in [0, 0.1) is 23.7 Å². The van der Waals surface area contributed by atoms with Crippen molar-refractivity contribution >= 4 is 34.7 Å². The normalized spacial score (nSPS) is 27.3. The highest BCUT2D eigenvalue weighted by atomic mass is 19.4. The zero-order chi connectivity index (χ0) is 34.7. The van der Waals surface area contributed by atoms with Crippen molar-refractivity contribution in [3.8, 4) is 11.5 Å². The van der Waals surface area contributed by atoms with Crippen molar-refractivity contribution in [2.24, 2.45) is 29.4 Å². The number of anilines is 1. The first-order chi connectivity index (χ1) is 21.9. The van der Waals surface area contributed by atoms with Gasteiger partial charge < -0.3 is 30.9 Å². The number of hydrogen-bond acceptors (Lipinski definition) is 11. The van der Waals surface area contributed by atoms with E-state index in [9.17, 15) is 47.4 Å². The fraction of sp³-hybridized carbons (Fsp3) is 0.469. The summed E-state index contributed by atoms with van der Waals surface area (Å²) < 4.78 is 41.3. The second-order valence-corrected chi connectivity index (χ2v) is 12.7. The summed E-state index contributed by atoms with van der Waals surface area (Å²) in [6, 6.07) is 5.69. The fourth-order valence-corrected chi connectivity index (χ4v) is 7.39. The van der Waals surface area contributed by atoms with Crippen molar-refractivity contribution in [3.05, 3.63) is 52.6 Å². The lowest BCUT2D eigenvalue weighted by Crippen LogP contribution is -2.74. The summed E-state index contributed by atoms with van der Waals surface area (Å²) in [5.41, 5.74) is 4.36. The van der Waals surface area contributed by atoms with E-state index in [1.165, 1.54) is 43.3 Å². The summed E-state index contributed by atoms with van der Waals surface area (Å²) in [5, 5.41) is 26.2. The van der Waals surface area contributed by atoms with Gasteiger partial charge in [0.25, 0.3) is 0 Å². The zero-order valence-corrected chi connectivity index (χ0v) is 26.1. The number of nitrogens with zero attached hydrogens (tertiary/aromatic N) is 2. The third-order valence-electron chi connectivity index (χ3n) is 9.40. The Morgan fingerprint density at radius 3 is 2.26 bits per heavy atom. The van der Waals surface area contributed by atoms with Crippen molar-refractivity contribution in [2.45, 2.75) is 43.9 Å². The molecule has 47 heavy (non-hydrogen) atoms. The number of alkyl halides is 3. The van der Waals surface area contributed by atoms with Crippen LogP contribution in [-0.4, -0.2) is 90.3 Å². The Hall–Kier alpha value is -4.34. The average molecular weight is 661 g/mol. The number of nitrogens with two attached hydrogens (primary N) is 1. The van der Waals surface area contributed by atoms with Gasteiger partial charge >= 0.3 is 6.36 Å². The molecule has 2 aromatic carbocycles. The molecule has 0 heterocycles. The van der Waals surface area contributed by atoms with Gasteiger partial charge in [-0.05, 0) is 62.2 Å². The summed E-state index contributed by atoms with van der Waals surface area (Å²) in [6.07, 6.45) is -4.76. The Bertz CT molecular complexity index is 1660. The molecule has 2 fully saturated rings. The van der Waals surface area contributed by atoms with Crippen LogP contribution in [0.15, 0.2) is 30.3 Å². The number of phenols is 1. The number of primary amides is 1. The number of amides is 1. The number of carbonyl (C=O) groups is 5. The van der Waals surface area contributed by atoms with Gasteiger partial charge in [0.15, 0.2) is 34.7 Å².